The number of hydrogen-bond donors (Lipinski definition) is 1. The van der Waals surface area contributed by atoms with Crippen LogP contribution >= 0.6 is 15.9 Å². The highest BCUT2D eigenvalue weighted by molar-refractivity contribution is 9.09. The quantitative estimate of drug-likeness (QED) is 0.365. The van der Waals surface area contributed by atoms with Crippen molar-refractivity contribution in [3.05, 3.63) is 69.9 Å². The number of rotatable bonds is 5. The summed E-state index contributed by atoms with van der Waals surface area (Å²) in [6, 6.07) is 12.2. The highest BCUT2D eigenvalue weighted by atomic mass is 79.9. The Bertz CT molecular complexity index is 991. The van der Waals surface area contributed by atoms with Crippen molar-refractivity contribution in [3.8, 4) is 0 Å². The predicted molar refractivity (Wildman–Crippen MR) is 95.7 cm³/mol. The van der Waals surface area contributed by atoms with E-state index in [4.69, 9.17) is 0 Å². The summed E-state index contributed by atoms with van der Waals surface area (Å²) < 4.78 is 41.8. The third kappa shape index (κ3) is 3.42. The van der Waals surface area contributed by atoms with Crippen LogP contribution in [0.3, 0.4) is 0 Å². The maximum absolute atomic E-state index is 13.5. The molecule has 27 heavy (non-hydrogen) atoms. The van der Waals surface area contributed by atoms with Crippen LogP contribution in [0.1, 0.15) is 11.3 Å². The topological polar surface area (TPSA) is 81.2 Å². The van der Waals surface area contributed by atoms with Gasteiger partial charge in [0.25, 0.3) is 5.69 Å². The number of fused-ring (bicyclic) bond motifs is 1. The average Bonchev–Trinajstić information content (AvgIpc) is 2.99. The molecule has 0 aliphatic rings. The summed E-state index contributed by atoms with van der Waals surface area (Å²) in [6.45, 7) is 0.0920. The van der Waals surface area contributed by atoms with Crippen LogP contribution in [0.4, 0.5) is 18.9 Å². The Balaban J connectivity index is 2.25. The first-order valence-electron chi connectivity index (χ1n) is 7.72. The summed E-state index contributed by atoms with van der Waals surface area (Å²) in [6.07, 6.45) is -4.99. The fourth-order valence-electron chi connectivity index (χ4n) is 2.73. The number of hydrogen-bond acceptors (Lipinski definition) is 4. The van der Waals surface area contributed by atoms with Gasteiger partial charge in [-0.05, 0) is 11.6 Å². The molecule has 0 saturated carbocycles. The van der Waals surface area contributed by atoms with E-state index >= 15 is 0 Å². The molecule has 0 aliphatic heterocycles. The zero-order chi connectivity index (χ0) is 19.8. The minimum atomic E-state index is -4.99. The van der Waals surface area contributed by atoms with Gasteiger partial charge in [-0.3, -0.25) is 14.8 Å². The molecular weight excluding hydrogens is 431 g/mol. The molecule has 1 N–H and O–H groups in total. The standard InChI is InChI=1S/C17H13BrF3N3O3/c18-10-16(25,17(19,20)21)15-13-7-6-12(24(26)27)8-14(13)23(22-15)9-11-4-2-1-3-5-11/h1-8,25H,9-10H2. The number of nitrogens with zero attached hydrogens (tertiary/aromatic N) is 3. The second-order valence-corrected chi connectivity index (χ2v) is 6.50. The molecule has 1 heterocycles. The molecule has 142 valence electrons. The van der Waals surface area contributed by atoms with Crippen LogP contribution in [-0.4, -0.2) is 31.3 Å². The Labute approximate surface area is 159 Å². The van der Waals surface area contributed by atoms with E-state index < -0.39 is 27.7 Å². The van der Waals surface area contributed by atoms with Gasteiger partial charge in [-0.1, -0.05) is 46.3 Å². The maximum atomic E-state index is 13.5. The maximum Gasteiger partial charge on any atom is 0.423 e. The zero-order valence-electron chi connectivity index (χ0n) is 13.7. The molecule has 0 bridgehead atoms. The van der Waals surface area contributed by atoms with Gasteiger partial charge in [-0.15, -0.1) is 0 Å². The first kappa shape index (κ1) is 19.3. The molecule has 0 saturated heterocycles. The molecule has 0 fully saturated rings. The Morgan fingerprint density at radius 3 is 2.41 bits per heavy atom. The van der Waals surface area contributed by atoms with E-state index in [9.17, 15) is 28.4 Å². The van der Waals surface area contributed by atoms with Crippen LogP contribution in [-0.2, 0) is 12.1 Å². The number of aliphatic hydroxyl groups is 1. The van der Waals surface area contributed by atoms with Gasteiger partial charge in [0.05, 0.1) is 17.0 Å². The van der Waals surface area contributed by atoms with Gasteiger partial charge in [0.2, 0.25) is 5.60 Å². The van der Waals surface area contributed by atoms with Crippen molar-refractivity contribution in [2.24, 2.45) is 0 Å². The summed E-state index contributed by atoms with van der Waals surface area (Å²) in [4.78, 5) is 10.4. The normalized spacial score (nSPS) is 14.3. The van der Waals surface area contributed by atoms with Crippen molar-refractivity contribution in [1.29, 1.82) is 0 Å². The van der Waals surface area contributed by atoms with Crippen LogP contribution in [0.25, 0.3) is 10.9 Å². The molecule has 1 unspecified atom stereocenters. The van der Waals surface area contributed by atoms with Gasteiger partial charge in [0.1, 0.15) is 5.69 Å². The van der Waals surface area contributed by atoms with E-state index in [-0.39, 0.29) is 23.1 Å². The molecule has 6 nitrogen and oxygen atoms in total. The highest BCUT2D eigenvalue weighted by Crippen LogP contribution is 2.42. The van der Waals surface area contributed by atoms with Crippen LogP contribution in [0.2, 0.25) is 0 Å². The van der Waals surface area contributed by atoms with Crippen molar-refractivity contribution in [2.45, 2.75) is 18.3 Å². The molecule has 0 amide bonds. The first-order valence-corrected chi connectivity index (χ1v) is 8.84. The van der Waals surface area contributed by atoms with E-state index in [1.807, 2.05) is 0 Å². The number of non-ortho nitro benzene ring substituents is 1. The lowest BCUT2D eigenvalue weighted by Gasteiger charge is -2.27. The number of benzene rings is 2. The van der Waals surface area contributed by atoms with E-state index in [2.05, 4.69) is 21.0 Å². The number of halogens is 4. The number of nitro groups is 1. The minimum Gasteiger partial charge on any atom is -0.374 e. The molecule has 1 atom stereocenters. The van der Waals surface area contributed by atoms with E-state index in [1.54, 1.807) is 30.3 Å². The molecule has 1 aromatic heterocycles. The summed E-state index contributed by atoms with van der Waals surface area (Å²) in [5, 5.41) is 24.5. The number of alkyl halides is 4. The average molecular weight is 444 g/mol. The predicted octanol–water partition coefficient (Wildman–Crippen LogP) is 4.14. The van der Waals surface area contributed by atoms with Crippen molar-refractivity contribution >= 4 is 32.5 Å². The van der Waals surface area contributed by atoms with Gasteiger partial charge >= 0.3 is 6.18 Å². The first-order chi connectivity index (χ1) is 12.7. The summed E-state index contributed by atoms with van der Waals surface area (Å²) >= 11 is 2.72. The summed E-state index contributed by atoms with van der Waals surface area (Å²) in [5.74, 6) is 0. The van der Waals surface area contributed by atoms with Gasteiger partial charge in [0.15, 0.2) is 0 Å². The van der Waals surface area contributed by atoms with Crippen LogP contribution < -0.4 is 0 Å². The Morgan fingerprint density at radius 2 is 1.85 bits per heavy atom. The van der Waals surface area contributed by atoms with E-state index in [0.29, 0.717) is 0 Å². The minimum absolute atomic E-state index is 0.00388. The lowest BCUT2D eigenvalue weighted by molar-refractivity contribution is -0.384. The third-order valence-corrected chi connectivity index (χ3v) is 4.99. The Morgan fingerprint density at radius 1 is 1.19 bits per heavy atom. The SMILES string of the molecule is O=[N+]([O-])c1ccc2c(C(O)(CBr)C(F)(F)F)nn(Cc3ccccc3)c2c1. The molecule has 3 aromatic rings. The highest BCUT2D eigenvalue weighted by Gasteiger charge is 2.56. The van der Waals surface area contributed by atoms with E-state index in [1.165, 1.54) is 10.7 Å². The lowest BCUT2D eigenvalue weighted by atomic mass is 9.98. The van der Waals surface area contributed by atoms with Crippen molar-refractivity contribution in [2.75, 3.05) is 5.33 Å². The van der Waals surface area contributed by atoms with Crippen molar-refractivity contribution in [1.82, 2.24) is 9.78 Å². The van der Waals surface area contributed by atoms with Crippen molar-refractivity contribution in [3.63, 3.8) is 0 Å². The lowest BCUT2D eigenvalue weighted by Crippen LogP contribution is -2.44. The molecule has 2 aromatic carbocycles. The zero-order valence-corrected chi connectivity index (χ0v) is 15.2. The fraction of sp³-hybridized carbons (Fsp3) is 0.235. The molecule has 0 aliphatic carbocycles. The second kappa shape index (κ2) is 6.93. The second-order valence-electron chi connectivity index (χ2n) is 5.94. The molecular formula is C17H13BrF3N3O3. The summed E-state index contributed by atoms with van der Waals surface area (Å²) in [5.41, 5.74) is -3.24. The molecule has 10 heteroatoms. The molecule has 0 radical (unpaired) electrons. The van der Waals surface area contributed by atoms with Crippen LogP contribution in [0.5, 0.6) is 0 Å². The van der Waals surface area contributed by atoms with Gasteiger partial charge < -0.3 is 5.11 Å². The van der Waals surface area contributed by atoms with Crippen LogP contribution in [0.15, 0.2) is 48.5 Å². The fourth-order valence-corrected chi connectivity index (χ4v) is 3.32. The molecule has 3 rings (SSSR count). The third-order valence-electron chi connectivity index (χ3n) is 4.18. The number of aromatic nitrogens is 2. The summed E-state index contributed by atoms with van der Waals surface area (Å²) in [7, 11) is 0. The van der Waals surface area contributed by atoms with Gasteiger partial charge in [-0.2, -0.15) is 18.3 Å². The Kier molecular flexibility index (Phi) is 4.96. The Hall–Kier alpha value is -2.46. The monoisotopic (exact) mass is 443 g/mol. The van der Waals surface area contributed by atoms with E-state index in [0.717, 1.165) is 17.7 Å². The van der Waals surface area contributed by atoms with Crippen molar-refractivity contribution < 1.29 is 23.2 Å². The smallest absolute Gasteiger partial charge is 0.374 e. The van der Waals surface area contributed by atoms with Gasteiger partial charge in [0, 0.05) is 22.8 Å². The van der Waals surface area contributed by atoms with Crippen LogP contribution in [0, 0.1) is 10.1 Å². The van der Waals surface area contributed by atoms with Gasteiger partial charge in [-0.25, -0.2) is 0 Å². The number of nitro benzene ring substituents is 1. The largest absolute Gasteiger partial charge is 0.423 e. The molecule has 0 spiro atoms.